The molecule has 20 heavy (non-hydrogen) atoms. The smallest absolute Gasteiger partial charge is 0.227 e. The average Bonchev–Trinajstić information content (AvgIpc) is 2.40. The largest absolute Gasteiger partial charge is 0.490 e. The van der Waals surface area contributed by atoms with E-state index in [4.69, 9.17) is 32.7 Å². The SMILES string of the molecule is CCOc1ccc(-c2nc(Cl)nc(Cl)n2)cc1OCC. The second kappa shape index (κ2) is 6.72. The van der Waals surface area contributed by atoms with Gasteiger partial charge in [-0.2, -0.15) is 15.0 Å². The molecule has 0 unspecified atom stereocenters. The van der Waals surface area contributed by atoms with Crippen molar-refractivity contribution in [1.29, 1.82) is 0 Å². The molecule has 7 heteroatoms. The third-order valence-electron chi connectivity index (χ3n) is 2.38. The number of rotatable bonds is 5. The Hall–Kier alpha value is -1.59. The number of aromatic nitrogens is 3. The van der Waals surface area contributed by atoms with Crippen molar-refractivity contribution in [3.8, 4) is 22.9 Å². The predicted octanol–water partition coefficient (Wildman–Crippen LogP) is 3.64. The number of hydrogen-bond acceptors (Lipinski definition) is 5. The lowest BCUT2D eigenvalue weighted by Crippen LogP contribution is -1.99. The number of halogens is 2. The van der Waals surface area contributed by atoms with E-state index < -0.39 is 0 Å². The molecular formula is C13H13Cl2N3O2. The molecule has 1 aromatic heterocycles. The molecule has 2 aromatic rings. The second-order valence-electron chi connectivity index (χ2n) is 3.72. The zero-order chi connectivity index (χ0) is 14.5. The van der Waals surface area contributed by atoms with E-state index in [2.05, 4.69) is 15.0 Å². The Bertz CT molecular complexity index is 588. The number of nitrogens with zero attached hydrogens (tertiary/aromatic N) is 3. The van der Waals surface area contributed by atoms with Crippen LogP contribution in [0, 0.1) is 0 Å². The summed E-state index contributed by atoms with van der Waals surface area (Å²) in [5.74, 6) is 1.68. The molecule has 2 rings (SSSR count). The molecule has 0 fully saturated rings. The molecule has 0 saturated carbocycles. The highest BCUT2D eigenvalue weighted by Crippen LogP contribution is 2.32. The molecule has 0 radical (unpaired) electrons. The monoisotopic (exact) mass is 313 g/mol. The van der Waals surface area contributed by atoms with Gasteiger partial charge in [0.1, 0.15) is 0 Å². The van der Waals surface area contributed by atoms with Crippen LogP contribution in [0.1, 0.15) is 13.8 Å². The van der Waals surface area contributed by atoms with Crippen LogP contribution in [0.5, 0.6) is 11.5 Å². The van der Waals surface area contributed by atoms with Crippen LogP contribution in [0.2, 0.25) is 10.6 Å². The summed E-state index contributed by atoms with van der Waals surface area (Å²) in [6.07, 6.45) is 0. The summed E-state index contributed by atoms with van der Waals surface area (Å²) in [5.41, 5.74) is 0.725. The van der Waals surface area contributed by atoms with E-state index in [0.29, 0.717) is 30.5 Å². The van der Waals surface area contributed by atoms with Gasteiger partial charge in [0.2, 0.25) is 10.6 Å². The standard InChI is InChI=1S/C13H13Cl2N3O2/c1-3-19-9-6-5-8(7-10(9)20-4-2)11-16-12(14)18-13(15)17-11/h5-7H,3-4H2,1-2H3. The first-order valence-electron chi connectivity index (χ1n) is 6.11. The molecule has 0 bridgehead atoms. The van der Waals surface area contributed by atoms with E-state index in [0.717, 1.165) is 5.56 Å². The van der Waals surface area contributed by atoms with Crippen LogP contribution in [0.4, 0.5) is 0 Å². The Morgan fingerprint density at radius 2 is 1.50 bits per heavy atom. The summed E-state index contributed by atoms with van der Waals surface area (Å²) < 4.78 is 11.0. The Balaban J connectivity index is 2.43. The second-order valence-corrected chi connectivity index (χ2v) is 4.40. The maximum atomic E-state index is 5.78. The Labute approximate surface area is 126 Å². The molecule has 0 amide bonds. The van der Waals surface area contributed by atoms with Gasteiger partial charge in [-0.3, -0.25) is 0 Å². The minimum atomic E-state index is 0.0480. The Kier molecular flexibility index (Phi) is 4.98. The van der Waals surface area contributed by atoms with Gasteiger partial charge >= 0.3 is 0 Å². The van der Waals surface area contributed by atoms with Gasteiger partial charge < -0.3 is 9.47 Å². The molecule has 0 N–H and O–H groups in total. The quantitative estimate of drug-likeness (QED) is 0.843. The van der Waals surface area contributed by atoms with Crippen LogP contribution in [0.3, 0.4) is 0 Å². The highest BCUT2D eigenvalue weighted by molar-refractivity contribution is 6.31. The predicted molar refractivity (Wildman–Crippen MR) is 77.6 cm³/mol. The van der Waals surface area contributed by atoms with Crippen molar-refractivity contribution in [3.05, 3.63) is 28.8 Å². The molecule has 1 aromatic carbocycles. The maximum Gasteiger partial charge on any atom is 0.227 e. The molecule has 0 atom stereocenters. The van der Waals surface area contributed by atoms with E-state index in [-0.39, 0.29) is 10.6 Å². The zero-order valence-electron chi connectivity index (χ0n) is 11.1. The topological polar surface area (TPSA) is 57.1 Å². The van der Waals surface area contributed by atoms with Gasteiger partial charge in [-0.25, -0.2) is 0 Å². The van der Waals surface area contributed by atoms with Crippen LogP contribution in [-0.2, 0) is 0 Å². The van der Waals surface area contributed by atoms with Crippen molar-refractivity contribution in [2.75, 3.05) is 13.2 Å². The fourth-order valence-electron chi connectivity index (χ4n) is 1.65. The van der Waals surface area contributed by atoms with Gasteiger partial charge in [0.15, 0.2) is 17.3 Å². The van der Waals surface area contributed by atoms with Gasteiger partial charge in [0.05, 0.1) is 13.2 Å². The number of hydrogen-bond donors (Lipinski definition) is 0. The molecule has 0 aliphatic heterocycles. The van der Waals surface area contributed by atoms with E-state index in [1.165, 1.54) is 0 Å². The first kappa shape index (κ1) is 14.8. The average molecular weight is 314 g/mol. The maximum absolute atomic E-state index is 5.78. The van der Waals surface area contributed by atoms with Crippen molar-refractivity contribution >= 4 is 23.2 Å². The zero-order valence-corrected chi connectivity index (χ0v) is 12.6. The lowest BCUT2D eigenvalue weighted by Gasteiger charge is -2.12. The summed E-state index contributed by atoms with van der Waals surface area (Å²) >= 11 is 11.6. The van der Waals surface area contributed by atoms with E-state index in [1.54, 1.807) is 12.1 Å². The minimum absolute atomic E-state index is 0.0480. The minimum Gasteiger partial charge on any atom is -0.490 e. The van der Waals surface area contributed by atoms with Crippen LogP contribution in [-0.4, -0.2) is 28.2 Å². The lowest BCUT2D eigenvalue weighted by molar-refractivity contribution is 0.288. The van der Waals surface area contributed by atoms with Gasteiger partial charge in [-0.05, 0) is 55.2 Å². The summed E-state index contributed by atoms with van der Waals surface area (Å²) in [4.78, 5) is 11.8. The van der Waals surface area contributed by atoms with Crippen molar-refractivity contribution in [1.82, 2.24) is 15.0 Å². The molecule has 0 spiro atoms. The van der Waals surface area contributed by atoms with Gasteiger partial charge in [0, 0.05) is 5.56 Å². The van der Waals surface area contributed by atoms with Crippen molar-refractivity contribution in [3.63, 3.8) is 0 Å². The van der Waals surface area contributed by atoms with Gasteiger partial charge in [-0.1, -0.05) is 0 Å². The van der Waals surface area contributed by atoms with Crippen LogP contribution >= 0.6 is 23.2 Å². The molecular weight excluding hydrogens is 301 g/mol. The highest BCUT2D eigenvalue weighted by Gasteiger charge is 2.11. The van der Waals surface area contributed by atoms with Crippen molar-refractivity contribution in [2.45, 2.75) is 13.8 Å². The van der Waals surface area contributed by atoms with Crippen LogP contribution < -0.4 is 9.47 Å². The van der Waals surface area contributed by atoms with E-state index in [1.807, 2.05) is 19.9 Å². The fraction of sp³-hybridized carbons (Fsp3) is 0.308. The summed E-state index contributed by atoms with van der Waals surface area (Å²) in [6, 6.07) is 5.40. The van der Waals surface area contributed by atoms with Crippen molar-refractivity contribution in [2.24, 2.45) is 0 Å². The Morgan fingerprint density at radius 3 is 2.10 bits per heavy atom. The highest BCUT2D eigenvalue weighted by atomic mass is 35.5. The van der Waals surface area contributed by atoms with E-state index in [9.17, 15) is 0 Å². The number of ether oxygens (including phenoxy) is 2. The number of benzene rings is 1. The van der Waals surface area contributed by atoms with E-state index >= 15 is 0 Å². The summed E-state index contributed by atoms with van der Waals surface area (Å²) in [5, 5.41) is 0.0960. The van der Waals surface area contributed by atoms with Crippen LogP contribution in [0.15, 0.2) is 18.2 Å². The van der Waals surface area contributed by atoms with Crippen LogP contribution in [0.25, 0.3) is 11.4 Å². The summed E-state index contributed by atoms with van der Waals surface area (Å²) in [7, 11) is 0. The molecule has 5 nitrogen and oxygen atoms in total. The molecule has 1 heterocycles. The molecule has 0 aliphatic rings. The Morgan fingerprint density at radius 1 is 0.900 bits per heavy atom. The third kappa shape index (κ3) is 3.49. The fourth-order valence-corrected chi connectivity index (χ4v) is 2.01. The normalized spacial score (nSPS) is 10.4. The van der Waals surface area contributed by atoms with Crippen molar-refractivity contribution < 1.29 is 9.47 Å². The molecule has 0 aliphatic carbocycles. The molecule has 0 saturated heterocycles. The first-order chi connectivity index (χ1) is 9.63. The third-order valence-corrected chi connectivity index (χ3v) is 2.72. The van der Waals surface area contributed by atoms with Gasteiger partial charge in [0.25, 0.3) is 0 Å². The molecule has 106 valence electrons. The van der Waals surface area contributed by atoms with Gasteiger partial charge in [-0.15, -0.1) is 0 Å². The first-order valence-corrected chi connectivity index (χ1v) is 6.86. The summed E-state index contributed by atoms with van der Waals surface area (Å²) in [6.45, 7) is 4.90. The lowest BCUT2D eigenvalue weighted by atomic mass is 10.2.